The van der Waals surface area contributed by atoms with Crippen LogP contribution in [0.15, 0.2) is 47.4 Å². The first kappa shape index (κ1) is 19.9. The molecule has 2 aromatic carbocycles. The highest BCUT2D eigenvalue weighted by molar-refractivity contribution is 7.89. The number of benzene rings is 2. The molecule has 1 aliphatic rings. The molecule has 0 amide bonds. The molecule has 0 aliphatic carbocycles. The Kier molecular flexibility index (Phi) is 5.89. The van der Waals surface area contributed by atoms with Gasteiger partial charge in [-0.15, -0.1) is 0 Å². The van der Waals surface area contributed by atoms with Crippen molar-refractivity contribution in [2.24, 2.45) is 0 Å². The predicted octanol–water partition coefficient (Wildman–Crippen LogP) is 3.21. The van der Waals surface area contributed by atoms with Gasteiger partial charge in [0.05, 0.1) is 7.11 Å². The van der Waals surface area contributed by atoms with Gasteiger partial charge in [-0.1, -0.05) is 30.3 Å². The van der Waals surface area contributed by atoms with Gasteiger partial charge in [-0.05, 0) is 49.6 Å². The van der Waals surface area contributed by atoms with E-state index in [-0.39, 0.29) is 10.9 Å². The number of hydrogen-bond donors (Lipinski definition) is 0. The fraction of sp³-hybridized carbons (Fsp3) is 0.429. The number of rotatable bonds is 5. The first-order valence-electron chi connectivity index (χ1n) is 9.26. The Morgan fingerprint density at radius 3 is 2.37 bits per heavy atom. The van der Waals surface area contributed by atoms with Gasteiger partial charge in [0.25, 0.3) is 0 Å². The average molecular weight is 389 g/mol. The fourth-order valence-corrected chi connectivity index (χ4v) is 5.23. The van der Waals surface area contributed by atoms with Crippen LogP contribution in [0.1, 0.15) is 23.6 Å². The van der Waals surface area contributed by atoms with Crippen LogP contribution >= 0.6 is 0 Å². The lowest BCUT2D eigenvalue weighted by Crippen LogP contribution is -2.53. The Balaban J connectivity index is 1.79. The van der Waals surface area contributed by atoms with Crippen molar-refractivity contribution in [1.82, 2.24) is 9.21 Å². The van der Waals surface area contributed by atoms with Crippen molar-refractivity contribution in [1.29, 1.82) is 0 Å². The average Bonchev–Trinajstić information content (AvgIpc) is 2.65. The van der Waals surface area contributed by atoms with Crippen LogP contribution in [-0.2, 0) is 16.6 Å². The van der Waals surface area contributed by atoms with Gasteiger partial charge in [0.15, 0.2) is 0 Å². The Morgan fingerprint density at radius 1 is 1.07 bits per heavy atom. The standard InChI is InChI=1S/C21H28N2O3S/c1-16-12-20(26-4)21(13-17(16)2)27(24,25)23-11-10-22(18(3)14-23)15-19-8-6-5-7-9-19/h5-9,12-13,18H,10-11,14-15H2,1-4H3. The molecule has 27 heavy (non-hydrogen) atoms. The molecule has 0 spiro atoms. The molecule has 0 radical (unpaired) electrons. The quantitative estimate of drug-likeness (QED) is 0.789. The van der Waals surface area contributed by atoms with Crippen LogP contribution < -0.4 is 4.74 Å². The molecule has 1 heterocycles. The largest absolute Gasteiger partial charge is 0.495 e. The molecule has 6 heteroatoms. The van der Waals surface area contributed by atoms with Gasteiger partial charge in [0.2, 0.25) is 10.0 Å². The molecule has 2 aromatic rings. The summed E-state index contributed by atoms with van der Waals surface area (Å²) in [4.78, 5) is 2.59. The lowest BCUT2D eigenvalue weighted by Gasteiger charge is -2.39. The minimum atomic E-state index is -3.59. The van der Waals surface area contributed by atoms with E-state index in [0.29, 0.717) is 25.4 Å². The van der Waals surface area contributed by atoms with Crippen LogP contribution in [0.5, 0.6) is 5.75 Å². The second kappa shape index (κ2) is 8.00. The third-order valence-electron chi connectivity index (χ3n) is 5.35. The van der Waals surface area contributed by atoms with Crippen molar-refractivity contribution in [2.75, 3.05) is 26.7 Å². The van der Waals surface area contributed by atoms with Gasteiger partial charge >= 0.3 is 0 Å². The highest BCUT2D eigenvalue weighted by atomic mass is 32.2. The lowest BCUT2D eigenvalue weighted by molar-refractivity contribution is 0.122. The van der Waals surface area contributed by atoms with Gasteiger partial charge in [0.1, 0.15) is 10.6 Å². The molecular weight excluding hydrogens is 360 g/mol. The van der Waals surface area contributed by atoms with Crippen LogP contribution in [-0.4, -0.2) is 50.4 Å². The zero-order valence-electron chi connectivity index (χ0n) is 16.5. The molecule has 0 bridgehead atoms. The van der Waals surface area contributed by atoms with Crippen molar-refractivity contribution in [3.8, 4) is 5.75 Å². The molecule has 3 rings (SSSR count). The third-order valence-corrected chi connectivity index (χ3v) is 7.24. The number of ether oxygens (including phenoxy) is 1. The van der Waals surface area contributed by atoms with E-state index in [1.165, 1.54) is 12.7 Å². The number of methoxy groups -OCH3 is 1. The maximum absolute atomic E-state index is 13.3. The van der Waals surface area contributed by atoms with Crippen LogP contribution in [0.3, 0.4) is 0 Å². The summed E-state index contributed by atoms with van der Waals surface area (Å²) in [5.41, 5.74) is 3.22. The fourth-order valence-electron chi connectivity index (χ4n) is 3.50. The van der Waals surface area contributed by atoms with Crippen molar-refractivity contribution in [3.63, 3.8) is 0 Å². The second-order valence-corrected chi connectivity index (χ2v) is 9.16. The molecule has 0 N–H and O–H groups in total. The highest BCUT2D eigenvalue weighted by Gasteiger charge is 2.34. The normalized spacial score (nSPS) is 19.2. The van der Waals surface area contributed by atoms with Crippen LogP contribution in [0.2, 0.25) is 0 Å². The number of hydrogen-bond acceptors (Lipinski definition) is 4. The summed E-state index contributed by atoms with van der Waals surface area (Å²) in [5.74, 6) is 0.414. The summed E-state index contributed by atoms with van der Waals surface area (Å²) in [5, 5.41) is 0. The van der Waals surface area contributed by atoms with Gasteiger partial charge in [0, 0.05) is 32.2 Å². The van der Waals surface area contributed by atoms with E-state index in [2.05, 4.69) is 24.0 Å². The van der Waals surface area contributed by atoms with E-state index in [1.54, 1.807) is 16.4 Å². The van der Waals surface area contributed by atoms with Crippen LogP contribution in [0.4, 0.5) is 0 Å². The summed E-state index contributed by atoms with van der Waals surface area (Å²) in [6.45, 7) is 8.47. The topological polar surface area (TPSA) is 49.9 Å². The molecule has 1 atom stereocenters. The molecule has 5 nitrogen and oxygen atoms in total. The van der Waals surface area contributed by atoms with E-state index < -0.39 is 10.0 Å². The van der Waals surface area contributed by atoms with Gasteiger partial charge in [-0.2, -0.15) is 4.31 Å². The molecule has 146 valence electrons. The molecule has 1 unspecified atom stereocenters. The second-order valence-electron chi connectivity index (χ2n) is 7.26. The molecule has 0 aromatic heterocycles. The van der Waals surface area contributed by atoms with Gasteiger partial charge < -0.3 is 4.74 Å². The van der Waals surface area contributed by atoms with E-state index in [1.807, 2.05) is 32.0 Å². The minimum absolute atomic E-state index is 0.145. The molecule has 1 fully saturated rings. The molecule has 0 saturated carbocycles. The first-order valence-corrected chi connectivity index (χ1v) is 10.7. The smallest absolute Gasteiger partial charge is 0.246 e. The predicted molar refractivity (Wildman–Crippen MR) is 108 cm³/mol. The van der Waals surface area contributed by atoms with E-state index in [9.17, 15) is 8.42 Å². The minimum Gasteiger partial charge on any atom is -0.495 e. The van der Waals surface area contributed by atoms with Crippen LogP contribution in [0, 0.1) is 13.8 Å². The molecule has 1 aliphatic heterocycles. The van der Waals surface area contributed by atoms with E-state index in [0.717, 1.165) is 17.7 Å². The molecule has 1 saturated heterocycles. The maximum atomic E-state index is 13.3. The zero-order chi connectivity index (χ0) is 19.6. The van der Waals surface area contributed by atoms with Crippen molar-refractivity contribution in [2.45, 2.75) is 38.3 Å². The summed E-state index contributed by atoms with van der Waals surface area (Å²) < 4.78 is 33.5. The first-order chi connectivity index (χ1) is 12.8. The number of nitrogens with zero attached hydrogens (tertiary/aromatic N) is 2. The number of piperazine rings is 1. The van der Waals surface area contributed by atoms with Crippen molar-refractivity contribution >= 4 is 10.0 Å². The summed E-state index contributed by atoms with van der Waals surface area (Å²) in [7, 11) is -2.07. The number of aryl methyl sites for hydroxylation is 2. The van der Waals surface area contributed by atoms with Gasteiger partial charge in [-0.3, -0.25) is 4.90 Å². The summed E-state index contributed by atoms with van der Waals surface area (Å²) in [6.07, 6.45) is 0. The van der Waals surface area contributed by atoms with Crippen molar-refractivity contribution < 1.29 is 13.2 Å². The SMILES string of the molecule is COc1cc(C)c(C)cc1S(=O)(=O)N1CCN(Cc2ccccc2)C(C)C1. The van der Waals surface area contributed by atoms with E-state index in [4.69, 9.17) is 4.74 Å². The Bertz CT molecular complexity index is 897. The Morgan fingerprint density at radius 2 is 1.74 bits per heavy atom. The third kappa shape index (κ3) is 4.18. The Hall–Kier alpha value is -1.89. The lowest BCUT2D eigenvalue weighted by atomic mass is 10.1. The van der Waals surface area contributed by atoms with Crippen LogP contribution in [0.25, 0.3) is 0 Å². The van der Waals surface area contributed by atoms with E-state index >= 15 is 0 Å². The monoisotopic (exact) mass is 388 g/mol. The number of sulfonamides is 1. The van der Waals surface area contributed by atoms with Crippen molar-refractivity contribution in [3.05, 3.63) is 59.2 Å². The van der Waals surface area contributed by atoms with Gasteiger partial charge in [-0.25, -0.2) is 8.42 Å². The maximum Gasteiger partial charge on any atom is 0.246 e. The summed E-state index contributed by atoms with van der Waals surface area (Å²) in [6, 6.07) is 14.0. The highest BCUT2D eigenvalue weighted by Crippen LogP contribution is 2.31. The Labute approximate surface area is 162 Å². The summed E-state index contributed by atoms with van der Waals surface area (Å²) >= 11 is 0. The zero-order valence-corrected chi connectivity index (χ0v) is 17.3. The molecular formula is C21H28N2O3S.